The van der Waals surface area contributed by atoms with E-state index in [1.54, 1.807) is 29.2 Å². The van der Waals surface area contributed by atoms with Gasteiger partial charge in [0.05, 0.1) is 17.8 Å². The normalized spacial score (nSPS) is 14.4. The Balaban J connectivity index is 1.49. The average Bonchev–Trinajstić information content (AvgIpc) is 2.82. The summed E-state index contributed by atoms with van der Waals surface area (Å²) in [5, 5.41) is 0. The molecule has 8 nitrogen and oxygen atoms in total. The highest BCUT2D eigenvalue weighted by atomic mass is 19.4. The Kier molecular flexibility index (Phi) is 6.03. The van der Waals surface area contributed by atoms with Crippen LogP contribution in [0.25, 0.3) is 0 Å². The van der Waals surface area contributed by atoms with Crippen LogP contribution in [-0.4, -0.2) is 51.5 Å². The van der Waals surface area contributed by atoms with Gasteiger partial charge in [0, 0.05) is 44.3 Å². The number of carbonyl (C=O) groups is 1. The largest absolute Gasteiger partial charge is 0.416 e. The smallest absolute Gasteiger partial charge is 0.368 e. The van der Waals surface area contributed by atoms with Crippen molar-refractivity contribution in [3.05, 3.63) is 92.5 Å². The highest BCUT2D eigenvalue weighted by Gasteiger charge is 2.31. The minimum absolute atomic E-state index is 0.0839. The maximum atomic E-state index is 13.0. The Labute approximate surface area is 185 Å². The van der Waals surface area contributed by atoms with E-state index in [9.17, 15) is 27.6 Å². The van der Waals surface area contributed by atoms with Crippen molar-refractivity contribution in [2.45, 2.75) is 12.7 Å². The van der Waals surface area contributed by atoms with E-state index >= 15 is 0 Å². The summed E-state index contributed by atoms with van der Waals surface area (Å²) in [5.74, 6) is -0.547. The van der Waals surface area contributed by atoms with Gasteiger partial charge in [-0.15, -0.1) is 0 Å². The molecule has 3 aromatic rings. The fraction of sp³-hybridized carbons (Fsp3) is 0.273. The molecule has 1 aromatic carbocycles. The van der Waals surface area contributed by atoms with Crippen molar-refractivity contribution in [3.8, 4) is 0 Å². The molecule has 1 fully saturated rings. The standard InChI is InChI=1S/C22H20F3N5O3/c23-22(24,25)15-4-3-6-17(12-15)28-8-10-29(11-9-28)19(31)18-13-27-21(33)30(20(18)32)14-16-5-1-2-7-26-16/h1-7,12-13H,8-11,14H2,(H,27,33). The lowest BCUT2D eigenvalue weighted by molar-refractivity contribution is -0.137. The maximum absolute atomic E-state index is 13.0. The lowest BCUT2D eigenvalue weighted by atomic mass is 10.1. The lowest BCUT2D eigenvalue weighted by Crippen LogP contribution is -2.50. The molecule has 0 spiro atoms. The Morgan fingerprint density at radius 3 is 2.45 bits per heavy atom. The van der Waals surface area contributed by atoms with E-state index in [1.165, 1.54) is 17.2 Å². The molecule has 1 aliphatic rings. The van der Waals surface area contributed by atoms with E-state index in [1.807, 2.05) is 0 Å². The molecule has 4 rings (SSSR count). The summed E-state index contributed by atoms with van der Waals surface area (Å²) in [5.41, 5.74) is -1.40. The monoisotopic (exact) mass is 459 g/mol. The predicted molar refractivity (Wildman–Crippen MR) is 114 cm³/mol. The number of halogens is 3. The van der Waals surface area contributed by atoms with Crippen LogP contribution < -0.4 is 16.1 Å². The quantitative estimate of drug-likeness (QED) is 0.644. The third kappa shape index (κ3) is 4.81. The summed E-state index contributed by atoms with van der Waals surface area (Å²) < 4.78 is 39.9. The fourth-order valence-corrected chi connectivity index (χ4v) is 3.68. The zero-order chi connectivity index (χ0) is 23.6. The molecule has 3 heterocycles. The van der Waals surface area contributed by atoms with Crippen LogP contribution in [0.15, 0.2) is 64.4 Å². The molecule has 0 bridgehead atoms. The van der Waals surface area contributed by atoms with Crippen LogP contribution in [0.1, 0.15) is 21.6 Å². The molecule has 1 saturated heterocycles. The number of H-pyrrole nitrogens is 1. The Hall–Kier alpha value is -3.89. The van der Waals surface area contributed by atoms with Crippen LogP contribution in [0.4, 0.5) is 18.9 Å². The van der Waals surface area contributed by atoms with Crippen LogP contribution in [0.5, 0.6) is 0 Å². The molecule has 0 aliphatic carbocycles. The number of rotatable bonds is 4. The number of alkyl halides is 3. The molecule has 11 heteroatoms. The summed E-state index contributed by atoms with van der Waals surface area (Å²) in [6.07, 6.45) is -1.80. The summed E-state index contributed by atoms with van der Waals surface area (Å²) in [6.45, 7) is 0.957. The number of anilines is 1. The molecule has 0 atom stereocenters. The van der Waals surface area contributed by atoms with Crippen LogP contribution in [-0.2, 0) is 12.7 Å². The number of pyridine rings is 1. The van der Waals surface area contributed by atoms with Crippen molar-refractivity contribution in [2.75, 3.05) is 31.1 Å². The average molecular weight is 459 g/mol. The molecule has 0 unspecified atom stereocenters. The minimum atomic E-state index is -4.44. The van der Waals surface area contributed by atoms with Crippen molar-refractivity contribution in [1.29, 1.82) is 0 Å². The second-order valence-electron chi connectivity index (χ2n) is 7.55. The summed E-state index contributed by atoms with van der Waals surface area (Å²) in [7, 11) is 0. The molecule has 1 N–H and O–H groups in total. The first-order valence-corrected chi connectivity index (χ1v) is 10.2. The first kappa shape index (κ1) is 22.3. The summed E-state index contributed by atoms with van der Waals surface area (Å²) >= 11 is 0. The Bertz CT molecular complexity index is 1260. The second-order valence-corrected chi connectivity index (χ2v) is 7.55. The van der Waals surface area contributed by atoms with Crippen LogP contribution in [0.2, 0.25) is 0 Å². The van der Waals surface area contributed by atoms with E-state index < -0.39 is 28.9 Å². The molecule has 2 aromatic heterocycles. The minimum Gasteiger partial charge on any atom is -0.368 e. The molecule has 0 saturated carbocycles. The van der Waals surface area contributed by atoms with Gasteiger partial charge in [-0.05, 0) is 30.3 Å². The zero-order valence-electron chi connectivity index (χ0n) is 17.4. The molecular weight excluding hydrogens is 439 g/mol. The van der Waals surface area contributed by atoms with Crippen LogP contribution in [0.3, 0.4) is 0 Å². The van der Waals surface area contributed by atoms with Gasteiger partial charge in [-0.25, -0.2) is 4.79 Å². The van der Waals surface area contributed by atoms with Crippen molar-refractivity contribution in [2.24, 2.45) is 0 Å². The van der Waals surface area contributed by atoms with E-state index in [0.29, 0.717) is 24.5 Å². The number of aromatic amines is 1. The first-order chi connectivity index (χ1) is 15.7. The van der Waals surface area contributed by atoms with Crippen LogP contribution in [0, 0.1) is 0 Å². The van der Waals surface area contributed by atoms with Crippen molar-refractivity contribution in [1.82, 2.24) is 19.4 Å². The van der Waals surface area contributed by atoms with Gasteiger partial charge < -0.3 is 14.8 Å². The number of piperazine rings is 1. The highest BCUT2D eigenvalue weighted by molar-refractivity contribution is 5.93. The summed E-state index contributed by atoms with van der Waals surface area (Å²) in [4.78, 5) is 47.7. The number of nitrogens with one attached hydrogen (secondary N) is 1. The van der Waals surface area contributed by atoms with E-state index in [0.717, 1.165) is 22.9 Å². The van der Waals surface area contributed by atoms with E-state index in [2.05, 4.69) is 9.97 Å². The molecule has 0 radical (unpaired) electrons. The van der Waals surface area contributed by atoms with Crippen LogP contribution >= 0.6 is 0 Å². The van der Waals surface area contributed by atoms with Gasteiger partial charge in [0.25, 0.3) is 11.5 Å². The van der Waals surface area contributed by atoms with Gasteiger partial charge in [-0.1, -0.05) is 12.1 Å². The molecular formula is C22H20F3N5O3. The van der Waals surface area contributed by atoms with Gasteiger partial charge in [0.1, 0.15) is 5.56 Å². The Morgan fingerprint density at radius 1 is 1.03 bits per heavy atom. The van der Waals surface area contributed by atoms with E-state index in [4.69, 9.17) is 0 Å². The number of hydrogen-bond donors (Lipinski definition) is 1. The zero-order valence-corrected chi connectivity index (χ0v) is 17.4. The number of aromatic nitrogens is 3. The second kappa shape index (κ2) is 8.93. The molecule has 1 aliphatic heterocycles. The maximum Gasteiger partial charge on any atom is 0.416 e. The lowest BCUT2D eigenvalue weighted by Gasteiger charge is -2.36. The number of hydrogen-bond acceptors (Lipinski definition) is 5. The topological polar surface area (TPSA) is 91.3 Å². The van der Waals surface area contributed by atoms with Gasteiger partial charge in [0.2, 0.25) is 0 Å². The first-order valence-electron chi connectivity index (χ1n) is 10.2. The van der Waals surface area contributed by atoms with Crippen molar-refractivity contribution < 1.29 is 18.0 Å². The third-order valence-corrected chi connectivity index (χ3v) is 5.44. The molecule has 33 heavy (non-hydrogen) atoms. The fourth-order valence-electron chi connectivity index (χ4n) is 3.68. The number of amides is 1. The van der Waals surface area contributed by atoms with Gasteiger partial charge in [0.15, 0.2) is 0 Å². The highest BCUT2D eigenvalue weighted by Crippen LogP contribution is 2.31. The number of nitrogens with zero attached hydrogens (tertiary/aromatic N) is 4. The summed E-state index contributed by atoms with van der Waals surface area (Å²) in [6, 6.07) is 10.1. The van der Waals surface area contributed by atoms with Crippen molar-refractivity contribution in [3.63, 3.8) is 0 Å². The molecule has 1 amide bonds. The SMILES string of the molecule is O=C(c1c[nH]c(=O)n(Cc2ccccn2)c1=O)N1CCN(c2cccc(C(F)(F)F)c2)CC1. The number of benzene rings is 1. The molecule has 172 valence electrons. The number of carbonyl (C=O) groups excluding carboxylic acids is 1. The van der Waals surface area contributed by atoms with Gasteiger partial charge >= 0.3 is 11.9 Å². The predicted octanol–water partition coefficient (Wildman–Crippen LogP) is 1.96. The third-order valence-electron chi connectivity index (χ3n) is 5.44. The van der Waals surface area contributed by atoms with Gasteiger partial charge in [-0.2, -0.15) is 13.2 Å². The van der Waals surface area contributed by atoms with E-state index in [-0.39, 0.29) is 25.2 Å². The van der Waals surface area contributed by atoms with Crippen molar-refractivity contribution >= 4 is 11.6 Å². The Morgan fingerprint density at radius 2 is 1.79 bits per heavy atom. The van der Waals surface area contributed by atoms with Gasteiger partial charge in [-0.3, -0.25) is 19.1 Å².